The maximum Gasteiger partial charge on any atom is 0.255 e. The van der Waals surface area contributed by atoms with Gasteiger partial charge in [-0.1, -0.05) is 18.2 Å². The Morgan fingerprint density at radius 1 is 1.05 bits per heavy atom. The average Bonchev–Trinajstić information content (AvgIpc) is 2.53. The minimum absolute atomic E-state index is 0.250. The smallest absolute Gasteiger partial charge is 0.255 e. The molecule has 0 saturated heterocycles. The van der Waals surface area contributed by atoms with Crippen LogP contribution in [-0.2, 0) is 0 Å². The van der Waals surface area contributed by atoms with Gasteiger partial charge in [0.15, 0.2) is 0 Å². The molecule has 0 aliphatic carbocycles. The quantitative estimate of drug-likeness (QED) is 0.591. The highest BCUT2D eigenvalue weighted by Crippen LogP contribution is 2.16. The van der Waals surface area contributed by atoms with Crippen LogP contribution in [0.1, 0.15) is 20.7 Å². The van der Waals surface area contributed by atoms with Crippen LogP contribution in [0.4, 0.5) is 5.69 Å². The molecule has 0 heterocycles. The third kappa shape index (κ3) is 4.17. The molecule has 0 aromatic heterocycles. The third-order valence-electron chi connectivity index (χ3n) is 2.93. The zero-order valence-corrected chi connectivity index (χ0v) is 14.0. The van der Waals surface area contributed by atoms with Crippen LogP contribution in [0.2, 0.25) is 0 Å². The number of halogens is 1. The van der Waals surface area contributed by atoms with Gasteiger partial charge < -0.3 is 10.6 Å². The summed E-state index contributed by atoms with van der Waals surface area (Å²) >= 11 is 2.18. The fourth-order valence-electron chi connectivity index (χ4n) is 1.85. The Hall–Kier alpha value is -2.15. The van der Waals surface area contributed by atoms with Crippen LogP contribution in [-0.4, -0.2) is 18.4 Å². The SMILES string of the molecule is C=CCNC(=O)c1ccccc1NC(=O)c1ccc(I)cc1. The molecule has 0 saturated carbocycles. The van der Waals surface area contributed by atoms with Crippen LogP contribution in [0.3, 0.4) is 0 Å². The molecule has 112 valence electrons. The largest absolute Gasteiger partial charge is 0.349 e. The van der Waals surface area contributed by atoms with Gasteiger partial charge in [-0.3, -0.25) is 9.59 Å². The molecule has 0 radical (unpaired) electrons. The average molecular weight is 406 g/mol. The highest BCUT2D eigenvalue weighted by molar-refractivity contribution is 14.1. The molecule has 5 heteroatoms. The lowest BCUT2D eigenvalue weighted by molar-refractivity contribution is 0.0959. The van der Waals surface area contributed by atoms with E-state index in [1.54, 1.807) is 42.5 Å². The fraction of sp³-hybridized carbons (Fsp3) is 0.0588. The predicted molar refractivity (Wildman–Crippen MR) is 96.1 cm³/mol. The fourth-order valence-corrected chi connectivity index (χ4v) is 2.21. The second-order valence-corrected chi connectivity index (χ2v) is 5.75. The van der Waals surface area contributed by atoms with Crippen molar-refractivity contribution in [1.29, 1.82) is 0 Å². The molecule has 0 spiro atoms. The molecule has 22 heavy (non-hydrogen) atoms. The lowest BCUT2D eigenvalue weighted by Gasteiger charge is -2.11. The molecule has 2 N–H and O–H groups in total. The summed E-state index contributed by atoms with van der Waals surface area (Å²) in [5.74, 6) is -0.501. The highest BCUT2D eigenvalue weighted by atomic mass is 127. The van der Waals surface area contributed by atoms with E-state index < -0.39 is 0 Å². The topological polar surface area (TPSA) is 58.2 Å². The van der Waals surface area contributed by atoms with Gasteiger partial charge in [0.05, 0.1) is 11.3 Å². The van der Waals surface area contributed by atoms with Gasteiger partial charge in [-0.2, -0.15) is 0 Å². The van der Waals surface area contributed by atoms with Crippen LogP contribution in [0.5, 0.6) is 0 Å². The summed E-state index contributed by atoms with van der Waals surface area (Å²) < 4.78 is 1.05. The lowest BCUT2D eigenvalue weighted by atomic mass is 10.1. The van der Waals surface area contributed by atoms with Gasteiger partial charge in [0.25, 0.3) is 11.8 Å². The number of hydrogen-bond donors (Lipinski definition) is 2. The van der Waals surface area contributed by atoms with Crippen LogP contribution in [0, 0.1) is 3.57 Å². The van der Waals surface area contributed by atoms with E-state index in [0.717, 1.165) is 3.57 Å². The van der Waals surface area contributed by atoms with E-state index in [-0.39, 0.29) is 11.8 Å². The number of amides is 2. The number of para-hydroxylation sites is 1. The molecule has 0 fully saturated rings. The normalized spacial score (nSPS) is 9.86. The van der Waals surface area contributed by atoms with Crippen LogP contribution in [0.15, 0.2) is 61.2 Å². The molecule has 2 rings (SSSR count). The lowest BCUT2D eigenvalue weighted by Crippen LogP contribution is -2.25. The van der Waals surface area contributed by atoms with Crippen molar-refractivity contribution in [3.8, 4) is 0 Å². The summed E-state index contributed by atoms with van der Waals surface area (Å²) in [7, 11) is 0. The highest BCUT2D eigenvalue weighted by Gasteiger charge is 2.13. The summed E-state index contributed by atoms with van der Waals surface area (Å²) in [4.78, 5) is 24.3. The van der Waals surface area contributed by atoms with Crippen molar-refractivity contribution in [2.45, 2.75) is 0 Å². The van der Waals surface area contributed by atoms with Gasteiger partial charge >= 0.3 is 0 Å². The van der Waals surface area contributed by atoms with E-state index in [2.05, 4.69) is 39.8 Å². The molecule has 2 amide bonds. The van der Waals surface area contributed by atoms with Crippen LogP contribution < -0.4 is 10.6 Å². The Kier molecular flexibility index (Phi) is 5.71. The van der Waals surface area contributed by atoms with E-state index in [1.807, 2.05) is 12.1 Å². The Bertz CT molecular complexity index is 696. The Morgan fingerprint density at radius 3 is 2.41 bits per heavy atom. The minimum atomic E-state index is -0.251. The van der Waals surface area contributed by atoms with Crippen molar-refractivity contribution in [1.82, 2.24) is 5.32 Å². The molecule has 0 atom stereocenters. The standard InChI is InChI=1S/C17H15IN2O2/c1-2-11-19-17(22)14-5-3-4-6-15(14)20-16(21)12-7-9-13(18)10-8-12/h2-10H,1,11H2,(H,19,22)(H,20,21). The van der Waals surface area contributed by atoms with Crippen LogP contribution >= 0.6 is 22.6 Å². The number of nitrogens with one attached hydrogen (secondary N) is 2. The molecule has 0 aliphatic heterocycles. The first-order valence-corrected chi connectivity index (χ1v) is 7.74. The molecule has 0 bridgehead atoms. The molecular weight excluding hydrogens is 391 g/mol. The second kappa shape index (κ2) is 7.74. The molecule has 0 aliphatic rings. The van der Waals surface area contributed by atoms with Gasteiger partial charge in [0.1, 0.15) is 0 Å². The first-order valence-electron chi connectivity index (χ1n) is 6.67. The van der Waals surface area contributed by atoms with E-state index in [4.69, 9.17) is 0 Å². The van der Waals surface area contributed by atoms with Crippen LogP contribution in [0.25, 0.3) is 0 Å². The number of hydrogen-bond acceptors (Lipinski definition) is 2. The molecule has 0 unspecified atom stereocenters. The first-order chi connectivity index (χ1) is 10.6. The van der Waals surface area contributed by atoms with Gasteiger partial charge in [-0.05, 0) is 59.0 Å². The zero-order chi connectivity index (χ0) is 15.9. The third-order valence-corrected chi connectivity index (χ3v) is 3.65. The molecule has 4 nitrogen and oxygen atoms in total. The molecule has 2 aromatic rings. The Morgan fingerprint density at radius 2 is 1.73 bits per heavy atom. The van der Waals surface area contributed by atoms with Gasteiger partial charge in [-0.25, -0.2) is 0 Å². The van der Waals surface area contributed by atoms with Crippen molar-refractivity contribution in [2.75, 3.05) is 11.9 Å². The van der Waals surface area contributed by atoms with E-state index in [1.165, 1.54) is 0 Å². The summed E-state index contributed by atoms with van der Waals surface area (Å²) in [5.41, 5.74) is 1.44. The van der Waals surface area contributed by atoms with E-state index in [0.29, 0.717) is 23.4 Å². The number of rotatable bonds is 5. The summed E-state index contributed by atoms with van der Waals surface area (Å²) in [6, 6.07) is 14.1. The van der Waals surface area contributed by atoms with Crippen molar-refractivity contribution >= 4 is 40.1 Å². The first kappa shape index (κ1) is 16.2. The van der Waals surface area contributed by atoms with Crippen molar-refractivity contribution in [3.63, 3.8) is 0 Å². The summed E-state index contributed by atoms with van der Waals surface area (Å²) in [6.45, 7) is 3.93. The maximum atomic E-state index is 12.3. The van der Waals surface area contributed by atoms with E-state index in [9.17, 15) is 9.59 Å². The van der Waals surface area contributed by atoms with E-state index >= 15 is 0 Å². The molecular formula is C17H15IN2O2. The number of anilines is 1. The Balaban J connectivity index is 2.18. The monoisotopic (exact) mass is 406 g/mol. The second-order valence-electron chi connectivity index (χ2n) is 4.51. The minimum Gasteiger partial charge on any atom is -0.349 e. The van der Waals surface area contributed by atoms with Crippen molar-refractivity contribution in [3.05, 3.63) is 75.9 Å². The van der Waals surface area contributed by atoms with Gasteiger partial charge in [-0.15, -0.1) is 6.58 Å². The van der Waals surface area contributed by atoms with Crippen molar-refractivity contribution < 1.29 is 9.59 Å². The Labute approximate surface area is 142 Å². The summed E-state index contributed by atoms with van der Waals surface area (Å²) in [5, 5.41) is 5.48. The maximum absolute atomic E-state index is 12.3. The van der Waals surface area contributed by atoms with Gasteiger partial charge in [0.2, 0.25) is 0 Å². The number of carbonyl (C=O) groups excluding carboxylic acids is 2. The number of carbonyl (C=O) groups is 2. The van der Waals surface area contributed by atoms with Crippen molar-refractivity contribution in [2.24, 2.45) is 0 Å². The van der Waals surface area contributed by atoms with Gasteiger partial charge in [0, 0.05) is 15.7 Å². The molecule has 2 aromatic carbocycles. The summed E-state index contributed by atoms with van der Waals surface area (Å²) in [6.07, 6.45) is 1.60. The zero-order valence-electron chi connectivity index (χ0n) is 11.8. The number of benzene rings is 2. The predicted octanol–water partition coefficient (Wildman–Crippen LogP) is 3.46.